The van der Waals surface area contributed by atoms with Crippen LogP contribution in [0.15, 0.2) is 24.3 Å². The molecule has 1 aromatic rings. The molecule has 0 aromatic heterocycles. The fourth-order valence-electron chi connectivity index (χ4n) is 5.43. The van der Waals surface area contributed by atoms with Crippen LogP contribution in [-0.4, -0.2) is 9.80 Å². The fraction of sp³-hybridized carbons (Fsp3) is 0.625. The highest BCUT2D eigenvalue weighted by molar-refractivity contribution is 6.24. The second-order valence-electron chi connectivity index (χ2n) is 7.20. The molecule has 106 valence electrons. The number of halogens is 1. The Morgan fingerprint density at radius 2 is 1.70 bits per heavy atom. The topological polar surface area (TPSA) is 43.1 Å². The maximum atomic E-state index is 10.8. The third-order valence-electron chi connectivity index (χ3n) is 5.68. The summed E-state index contributed by atoms with van der Waals surface area (Å²) in [7, 11) is 0. The van der Waals surface area contributed by atoms with Gasteiger partial charge in [-0.15, -0.1) is 11.6 Å². The highest BCUT2D eigenvalue weighted by Crippen LogP contribution is 2.64. The van der Waals surface area contributed by atoms with Gasteiger partial charge in [0.1, 0.15) is 0 Å². The van der Waals surface area contributed by atoms with E-state index >= 15 is 0 Å². The Kier molecular flexibility index (Phi) is 2.51. The van der Waals surface area contributed by atoms with E-state index in [0.717, 1.165) is 18.3 Å². The van der Waals surface area contributed by atoms with Crippen LogP contribution in [0.5, 0.6) is 0 Å². The molecular formula is C16H18ClNO2. The first kappa shape index (κ1) is 12.6. The molecule has 1 aromatic carbocycles. The van der Waals surface area contributed by atoms with Crippen LogP contribution in [0.2, 0.25) is 0 Å². The Balaban J connectivity index is 1.72. The van der Waals surface area contributed by atoms with E-state index in [4.69, 9.17) is 11.6 Å². The van der Waals surface area contributed by atoms with Crippen LogP contribution in [0.4, 0.5) is 5.69 Å². The van der Waals surface area contributed by atoms with E-state index in [1.807, 2.05) is 12.1 Å². The maximum Gasteiger partial charge on any atom is 0.269 e. The van der Waals surface area contributed by atoms with Crippen LogP contribution < -0.4 is 0 Å². The van der Waals surface area contributed by atoms with Gasteiger partial charge >= 0.3 is 0 Å². The largest absolute Gasteiger partial charge is 0.269 e. The zero-order valence-corrected chi connectivity index (χ0v) is 12.1. The molecule has 0 unspecified atom stereocenters. The Hall–Kier alpha value is -1.09. The molecule has 3 nitrogen and oxygen atoms in total. The lowest BCUT2D eigenvalue weighted by atomic mass is 9.47. The summed E-state index contributed by atoms with van der Waals surface area (Å²) >= 11 is 6.84. The molecule has 20 heavy (non-hydrogen) atoms. The van der Waals surface area contributed by atoms with Gasteiger partial charge in [-0.05, 0) is 61.3 Å². The summed E-state index contributed by atoms with van der Waals surface area (Å²) in [4.78, 5) is 10.5. The number of nitro benzene ring substituents is 1. The minimum atomic E-state index is -0.327. The molecule has 4 heteroatoms. The highest BCUT2D eigenvalue weighted by atomic mass is 35.5. The molecule has 0 radical (unpaired) electrons. The maximum absolute atomic E-state index is 10.8. The predicted octanol–water partition coefficient (Wildman–Crippen LogP) is 4.42. The highest BCUT2D eigenvalue weighted by Gasteiger charge is 2.57. The van der Waals surface area contributed by atoms with Gasteiger partial charge in [-0.1, -0.05) is 12.1 Å². The zero-order valence-electron chi connectivity index (χ0n) is 11.3. The molecule has 4 fully saturated rings. The van der Waals surface area contributed by atoms with Crippen LogP contribution in [0, 0.1) is 22.0 Å². The van der Waals surface area contributed by atoms with Crippen LogP contribution >= 0.6 is 11.6 Å². The first-order valence-electron chi connectivity index (χ1n) is 7.42. The van der Waals surface area contributed by atoms with E-state index in [1.54, 1.807) is 12.1 Å². The van der Waals surface area contributed by atoms with E-state index in [2.05, 4.69) is 0 Å². The first-order chi connectivity index (χ1) is 9.48. The Morgan fingerprint density at radius 3 is 2.20 bits per heavy atom. The van der Waals surface area contributed by atoms with Gasteiger partial charge in [0.25, 0.3) is 5.69 Å². The van der Waals surface area contributed by atoms with Crippen molar-refractivity contribution in [1.82, 2.24) is 0 Å². The molecule has 4 aliphatic rings. The third-order valence-corrected chi connectivity index (χ3v) is 6.12. The third kappa shape index (κ3) is 1.79. The standard InChI is InChI=1S/C16H18ClNO2/c17-16-8-11-5-12(9-16)7-15(6-11,10-16)13-1-3-14(4-2-13)18(19)20/h1-4,11-12H,5-10H2/t11-,12-,15?,16?/m0/s1. The van der Waals surface area contributed by atoms with Crippen molar-refractivity contribution in [2.45, 2.75) is 48.8 Å². The molecule has 4 aliphatic carbocycles. The van der Waals surface area contributed by atoms with Gasteiger partial charge in [-0.3, -0.25) is 10.1 Å². The van der Waals surface area contributed by atoms with Gasteiger partial charge in [0, 0.05) is 17.0 Å². The Bertz CT molecular complexity index is 554. The average molecular weight is 292 g/mol. The number of hydrogen-bond donors (Lipinski definition) is 0. The van der Waals surface area contributed by atoms with E-state index in [1.165, 1.54) is 37.7 Å². The lowest BCUT2D eigenvalue weighted by molar-refractivity contribution is -0.384. The van der Waals surface area contributed by atoms with Crippen molar-refractivity contribution in [3.63, 3.8) is 0 Å². The van der Waals surface area contributed by atoms with Crippen LogP contribution in [0.25, 0.3) is 0 Å². The van der Waals surface area contributed by atoms with E-state index < -0.39 is 0 Å². The Labute approximate surface area is 123 Å². The number of hydrogen-bond acceptors (Lipinski definition) is 2. The lowest BCUT2D eigenvalue weighted by Crippen LogP contribution is -2.55. The second kappa shape index (κ2) is 3.97. The molecule has 4 saturated carbocycles. The number of benzene rings is 1. The number of alkyl halides is 1. The molecule has 4 bridgehead atoms. The molecule has 0 spiro atoms. The second-order valence-corrected chi connectivity index (χ2v) is 8.00. The monoisotopic (exact) mass is 291 g/mol. The molecule has 0 N–H and O–H groups in total. The van der Waals surface area contributed by atoms with Gasteiger partial charge in [-0.25, -0.2) is 0 Å². The molecule has 2 atom stereocenters. The van der Waals surface area contributed by atoms with Gasteiger partial charge < -0.3 is 0 Å². The summed E-state index contributed by atoms with van der Waals surface area (Å²) in [6.07, 6.45) is 7.15. The van der Waals surface area contributed by atoms with Gasteiger partial charge in [0.05, 0.1) is 4.92 Å². The molecule has 0 heterocycles. The Morgan fingerprint density at radius 1 is 1.10 bits per heavy atom. The van der Waals surface area contributed by atoms with Crippen molar-refractivity contribution in [2.24, 2.45) is 11.8 Å². The van der Waals surface area contributed by atoms with E-state index in [0.29, 0.717) is 0 Å². The molecular weight excluding hydrogens is 274 g/mol. The number of nitrogens with zero attached hydrogens (tertiary/aromatic N) is 1. The zero-order chi connectivity index (χ0) is 14.0. The SMILES string of the molecule is O=[N+]([O-])c1ccc(C23C[C@@H]4C[C@H](CC(Cl)(C4)C2)C3)cc1. The van der Waals surface area contributed by atoms with Gasteiger partial charge in [0.2, 0.25) is 0 Å². The van der Waals surface area contributed by atoms with Crippen molar-refractivity contribution in [1.29, 1.82) is 0 Å². The van der Waals surface area contributed by atoms with Crippen molar-refractivity contribution in [3.8, 4) is 0 Å². The molecule has 0 amide bonds. The predicted molar refractivity (Wildman–Crippen MR) is 78.0 cm³/mol. The van der Waals surface area contributed by atoms with Gasteiger partial charge in [-0.2, -0.15) is 0 Å². The number of rotatable bonds is 2. The van der Waals surface area contributed by atoms with Crippen LogP contribution in [0.1, 0.15) is 44.1 Å². The summed E-state index contributed by atoms with van der Waals surface area (Å²) in [5.41, 5.74) is 1.63. The van der Waals surface area contributed by atoms with Crippen LogP contribution in [0.3, 0.4) is 0 Å². The van der Waals surface area contributed by atoms with Crippen LogP contribution in [-0.2, 0) is 5.41 Å². The fourth-order valence-corrected chi connectivity index (χ4v) is 6.12. The molecule has 0 aliphatic heterocycles. The lowest BCUT2D eigenvalue weighted by Gasteiger charge is -2.60. The van der Waals surface area contributed by atoms with E-state index in [-0.39, 0.29) is 20.9 Å². The molecule has 0 saturated heterocycles. The van der Waals surface area contributed by atoms with Crippen molar-refractivity contribution in [3.05, 3.63) is 39.9 Å². The smallest absolute Gasteiger partial charge is 0.258 e. The first-order valence-corrected chi connectivity index (χ1v) is 7.80. The minimum absolute atomic E-state index is 0.00808. The average Bonchev–Trinajstić information content (AvgIpc) is 2.36. The summed E-state index contributed by atoms with van der Waals surface area (Å²) in [6.45, 7) is 0. The van der Waals surface area contributed by atoms with E-state index in [9.17, 15) is 10.1 Å². The van der Waals surface area contributed by atoms with Crippen molar-refractivity contribution in [2.75, 3.05) is 0 Å². The van der Waals surface area contributed by atoms with Crippen molar-refractivity contribution >= 4 is 17.3 Å². The number of nitro groups is 1. The quantitative estimate of drug-likeness (QED) is 0.460. The summed E-state index contributed by atoms with van der Waals surface area (Å²) in [6, 6.07) is 7.22. The number of non-ortho nitro benzene ring substituents is 1. The summed E-state index contributed by atoms with van der Waals surface area (Å²) in [5.74, 6) is 1.51. The summed E-state index contributed by atoms with van der Waals surface area (Å²) in [5, 5.41) is 10.8. The molecule has 5 rings (SSSR count). The minimum Gasteiger partial charge on any atom is -0.258 e. The van der Waals surface area contributed by atoms with Crippen molar-refractivity contribution < 1.29 is 4.92 Å². The normalized spacial score (nSPS) is 41.9. The summed E-state index contributed by atoms with van der Waals surface area (Å²) < 4.78 is 0. The van der Waals surface area contributed by atoms with Gasteiger partial charge in [0.15, 0.2) is 0 Å².